The number of carbonyl (C=O) groups is 1. The summed E-state index contributed by atoms with van der Waals surface area (Å²) in [6.07, 6.45) is -1.76. The van der Waals surface area contributed by atoms with Crippen molar-refractivity contribution in [3.63, 3.8) is 0 Å². The van der Waals surface area contributed by atoms with E-state index < -0.39 is 12.2 Å². The highest BCUT2D eigenvalue weighted by atomic mass is 35.5. The Bertz CT molecular complexity index is 417. The van der Waals surface area contributed by atoms with Gasteiger partial charge < -0.3 is 20.4 Å². The summed E-state index contributed by atoms with van der Waals surface area (Å²) in [6, 6.07) is 6.50. The molecule has 1 aliphatic rings. The first kappa shape index (κ1) is 12.2. The molecule has 1 fully saturated rings. The van der Waals surface area contributed by atoms with E-state index >= 15 is 0 Å². The summed E-state index contributed by atoms with van der Waals surface area (Å²) in [4.78, 5) is 13.1. The zero-order valence-corrected chi connectivity index (χ0v) is 9.76. The summed E-state index contributed by atoms with van der Waals surface area (Å²) in [5.74, 6) is 0. The zero-order chi connectivity index (χ0) is 12.4. The summed E-state index contributed by atoms with van der Waals surface area (Å²) >= 11 is 5.90. The average molecular weight is 257 g/mol. The van der Waals surface area contributed by atoms with Gasteiger partial charge in [-0.25, -0.2) is 4.79 Å². The molecule has 0 aromatic heterocycles. The number of hydrogen-bond donors (Lipinski definition) is 3. The number of benzene rings is 1. The first-order valence-corrected chi connectivity index (χ1v) is 5.62. The molecule has 2 rings (SSSR count). The summed E-state index contributed by atoms with van der Waals surface area (Å²) in [6.45, 7) is 0.245. The standard InChI is InChI=1S/C11H13ClN2O3/c12-7-3-1-2-4-8(7)13-11(17)14-5-9(15)10(16)6-14/h1-4,9-10,15-16H,5-6H2,(H,13,17). The molecule has 17 heavy (non-hydrogen) atoms. The topological polar surface area (TPSA) is 72.8 Å². The number of nitrogens with one attached hydrogen (secondary N) is 1. The third-order valence-electron chi connectivity index (χ3n) is 2.66. The van der Waals surface area contributed by atoms with E-state index in [0.29, 0.717) is 10.7 Å². The molecular weight excluding hydrogens is 244 g/mol. The van der Waals surface area contributed by atoms with E-state index in [1.807, 2.05) is 0 Å². The Kier molecular flexibility index (Phi) is 3.51. The number of urea groups is 1. The molecule has 0 saturated carbocycles. The number of para-hydroxylation sites is 1. The first-order valence-electron chi connectivity index (χ1n) is 5.24. The van der Waals surface area contributed by atoms with Crippen molar-refractivity contribution >= 4 is 23.3 Å². The van der Waals surface area contributed by atoms with E-state index in [9.17, 15) is 15.0 Å². The number of amides is 2. The molecule has 1 aromatic rings. The molecule has 6 heteroatoms. The van der Waals surface area contributed by atoms with Gasteiger partial charge in [-0.05, 0) is 12.1 Å². The number of carbonyl (C=O) groups excluding carboxylic acids is 1. The predicted octanol–water partition coefficient (Wildman–Crippen LogP) is 0.909. The van der Waals surface area contributed by atoms with Crippen LogP contribution in [0.15, 0.2) is 24.3 Å². The number of rotatable bonds is 1. The van der Waals surface area contributed by atoms with Gasteiger partial charge in [0, 0.05) is 0 Å². The van der Waals surface area contributed by atoms with Crippen LogP contribution in [-0.4, -0.2) is 46.4 Å². The van der Waals surface area contributed by atoms with Gasteiger partial charge in [0.15, 0.2) is 0 Å². The third-order valence-corrected chi connectivity index (χ3v) is 2.99. The Labute approximate surface area is 104 Å². The third kappa shape index (κ3) is 2.69. The smallest absolute Gasteiger partial charge is 0.322 e. The van der Waals surface area contributed by atoms with Crippen LogP contribution in [0.3, 0.4) is 0 Å². The molecule has 0 bridgehead atoms. The van der Waals surface area contributed by atoms with E-state index in [4.69, 9.17) is 11.6 Å². The van der Waals surface area contributed by atoms with Crippen molar-refractivity contribution in [3.8, 4) is 0 Å². The Balaban J connectivity index is 2.01. The van der Waals surface area contributed by atoms with Gasteiger partial charge in [0.2, 0.25) is 0 Å². The number of aliphatic hydroxyl groups is 2. The number of aliphatic hydroxyl groups excluding tert-OH is 2. The van der Waals surface area contributed by atoms with E-state index in [1.54, 1.807) is 24.3 Å². The molecule has 0 aliphatic carbocycles. The monoisotopic (exact) mass is 256 g/mol. The number of nitrogens with zero attached hydrogens (tertiary/aromatic N) is 1. The van der Waals surface area contributed by atoms with Gasteiger partial charge in [-0.1, -0.05) is 23.7 Å². The summed E-state index contributed by atoms with van der Waals surface area (Å²) in [7, 11) is 0. The lowest BCUT2D eigenvalue weighted by Crippen LogP contribution is -2.34. The van der Waals surface area contributed by atoms with Crippen LogP contribution in [-0.2, 0) is 0 Å². The highest BCUT2D eigenvalue weighted by Crippen LogP contribution is 2.21. The Morgan fingerprint density at radius 1 is 1.29 bits per heavy atom. The van der Waals surface area contributed by atoms with Crippen molar-refractivity contribution in [2.45, 2.75) is 12.2 Å². The number of anilines is 1. The normalized spacial score (nSPS) is 23.8. The van der Waals surface area contributed by atoms with Crippen molar-refractivity contribution < 1.29 is 15.0 Å². The van der Waals surface area contributed by atoms with Gasteiger partial charge in [0.25, 0.3) is 0 Å². The van der Waals surface area contributed by atoms with E-state index in [0.717, 1.165) is 0 Å². The lowest BCUT2D eigenvalue weighted by atomic mass is 10.3. The van der Waals surface area contributed by atoms with Crippen LogP contribution in [0.25, 0.3) is 0 Å². The minimum atomic E-state index is -0.882. The van der Waals surface area contributed by atoms with Crippen LogP contribution in [0.4, 0.5) is 10.5 Å². The van der Waals surface area contributed by atoms with Gasteiger partial charge in [0.05, 0.1) is 36.0 Å². The molecule has 2 atom stereocenters. The molecule has 92 valence electrons. The van der Waals surface area contributed by atoms with E-state index in [1.165, 1.54) is 4.90 Å². The Morgan fingerprint density at radius 3 is 2.47 bits per heavy atom. The van der Waals surface area contributed by atoms with Crippen LogP contribution in [0, 0.1) is 0 Å². The molecule has 2 amide bonds. The lowest BCUT2D eigenvalue weighted by Gasteiger charge is -2.16. The molecular formula is C11H13ClN2O3. The lowest BCUT2D eigenvalue weighted by molar-refractivity contribution is 0.0572. The largest absolute Gasteiger partial charge is 0.388 e. The molecule has 0 spiro atoms. The van der Waals surface area contributed by atoms with E-state index in [2.05, 4.69) is 5.32 Å². The molecule has 3 N–H and O–H groups in total. The second-order valence-corrected chi connectivity index (χ2v) is 4.36. The van der Waals surface area contributed by atoms with Crippen molar-refractivity contribution in [1.29, 1.82) is 0 Å². The van der Waals surface area contributed by atoms with Crippen LogP contribution < -0.4 is 5.32 Å². The molecule has 1 saturated heterocycles. The molecule has 1 heterocycles. The minimum Gasteiger partial charge on any atom is -0.388 e. The number of β-amino-alcohol motifs (C(OH)–C–C–N with tert-alkyl or cyclic N) is 2. The van der Waals surface area contributed by atoms with Gasteiger partial charge >= 0.3 is 6.03 Å². The minimum absolute atomic E-state index is 0.122. The molecule has 0 radical (unpaired) electrons. The Hall–Kier alpha value is -1.30. The van der Waals surface area contributed by atoms with Crippen LogP contribution in [0.5, 0.6) is 0 Å². The maximum Gasteiger partial charge on any atom is 0.322 e. The quantitative estimate of drug-likeness (QED) is 0.699. The second-order valence-electron chi connectivity index (χ2n) is 3.95. The van der Waals surface area contributed by atoms with Crippen LogP contribution >= 0.6 is 11.6 Å². The SMILES string of the molecule is O=C(Nc1ccccc1Cl)N1CC(O)C(O)C1. The predicted molar refractivity (Wildman–Crippen MR) is 64.1 cm³/mol. The van der Waals surface area contributed by atoms with E-state index in [-0.39, 0.29) is 19.1 Å². The van der Waals surface area contributed by atoms with Gasteiger partial charge in [-0.15, -0.1) is 0 Å². The number of hydrogen-bond acceptors (Lipinski definition) is 3. The second kappa shape index (κ2) is 4.91. The molecule has 1 aliphatic heterocycles. The zero-order valence-electron chi connectivity index (χ0n) is 9.01. The van der Waals surface area contributed by atoms with Gasteiger partial charge in [-0.2, -0.15) is 0 Å². The van der Waals surface area contributed by atoms with Crippen molar-refractivity contribution in [1.82, 2.24) is 4.90 Å². The molecule has 2 unspecified atom stereocenters. The summed E-state index contributed by atoms with van der Waals surface area (Å²) in [5, 5.41) is 21.8. The van der Waals surface area contributed by atoms with Crippen molar-refractivity contribution in [2.75, 3.05) is 18.4 Å². The number of likely N-dealkylation sites (tertiary alicyclic amines) is 1. The fourth-order valence-corrected chi connectivity index (χ4v) is 1.88. The number of halogens is 1. The molecule has 5 nitrogen and oxygen atoms in total. The van der Waals surface area contributed by atoms with Crippen molar-refractivity contribution in [2.24, 2.45) is 0 Å². The highest BCUT2D eigenvalue weighted by Gasteiger charge is 2.32. The maximum absolute atomic E-state index is 11.8. The highest BCUT2D eigenvalue weighted by molar-refractivity contribution is 6.33. The fourth-order valence-electron chi connectivity index (χ4n) is 1.69. The van der Waals surface area contributed by atoms with Crippen LogP contribution in [0.1, 0.15) is 0 Å². The summed E-state index contributed by atoms with van der Waals surface area (Å²) < 4.78 is 0. The van der Waals surface area contributed by atoms with Gasteiger partial charge in [0.1, 0.15) is 0 Å². The average Bonchev–Trinajstić information content (AvgIpc) is 2.63. The first-order chi connectivity index (χ1) is 8.08. The Morgan fingerprint density at radius 2 is 1.88 bits per heavy atom. The van der Waals surface area contributed by atoms with Gasteiger partial charge in [-0.3, -0.25) is 0 Å². The molecule has 1 aromatic carbocycles. The van der Waals surface area contributed by atoms with Crippen LogP contribution in [0.2, 0.25) is 5.02 Å². The maximum atomic E-state index is 11.8. The van der Waals surface area contributed by atoms with Crippen molar-refractivity contribution in [3.05, 3.63) is 29.3 Å². The summed E-state index contributed by atoms with van der Waals surface area (Å²) in [5.41, 5.74) is 0.509. The fraction of sp³-hybridized carbons (Fsp3) is 0.364.